The Morgan fingerprint density at radius 2 is 1.56 bits per heavy atom. The second-order valence-corrected chi connectivity index (χ2v) is 6.61. The van der Waals surface area contributed by atoms with E-state index < -0.39 is 0 Å². The molecule has 1 aromatic rings. The zero-order valence-electron chi connectivity index (χ0n) is 16.3. The molecule has 0 atom stereocenters. The van der Waals surface area contributed by atoms with Gasteiger partial charge < -0.3 is 31.2 Å². The molecule has 0 saturated heterocycles. The fourth-order valence-corrected chi connectivity index (χ4v) is 3.32. The minimum atomic E-state index is -0.344. The highest BCUT2D eigenvalue weighted by Crippen LogP contribution is 2.30. The van der Waals surface area contributed by atoms with Crippen molar-refractivity contribution in [1.29, 1.82) is 0 Å². The molecule has 2 amide bonds. The lowest BCUT2D eigenvalue weighted by Gasteiger charge is -2.29. The molecule has 0 unspecified atom stereocenters. The summed E-state index contributed by atoms with van der Waals surface area (Å²) in [5.74, 6) is 0.106. The molecule has 0 aromatic heterocycles. The van der Waals surface area contributed by atoms with Crippen molar-refractivity contribution in [2.45, 2.75) is 37.8 Å². The highest BCUT2D eigenvalue weighted by Gasteiger charge is 2.25. The zero-order chi connectivity index (χ0) is 19.8. The van der Waals surface area contributed by atoms with Crippen molar-refractivity contribution in [3.8, 4) is 11.5 Å². The first-order valence-electron chi connectivity index (χ1n) is 9.26. The lowest BCUT2D eigenvalue weighted by molar-refractivity contribution is 0.0921. The number of ether oxygens (including phenoxy) is 2. The van der Waals surface area contributed by atoms with Gasteiger partial charge in [0.25, 0.3) is 11.8 Å². The van der Waals surface area contributed by atoms with E-state index in [1.54, 1.807) is 6.07 Å². The van der Waals surface area contributed by atoms with Crippen LogP contribution >= 0.6 is 0 Å². The topological polar surface area (TPSA) is 115 Å². The van der Waals surface area contributed by atoms with Gasteiger partial charge >= 0.3 is 0 Å². The highest BCUT2D eigenvalue weighted by atomic mass is 16.5. The third kappa shape index (κ3) is 5.33. The van der Waals surface area contributed by atoms with Crippen LogP contribution in [0.15, 0.2) is 12.1 Å². The molecule has 1 aliphatic rings. The van der Waals surface area contributed by atoms with E-state index >= 15 is 0 Å². The minimum absolute atomic E-state index is 0.114. The average molecular weight is 378 g/mol. The standard InChI is InChI=1S/C19H30N4O4/c1-21-12-4-6-13(7-5-12)23-19(25)15-10-14(18(24)22-9-8-20)16(26-2)11-17(15)27-3/h10-13,21H,4-9,20H2,1-3H3,(H,22,24)(H,23,25)/t12-,13+. The maximum Gasteiger partial charge on any atom is 0.255 e. The lowest BCUT2D eigenvalue weighted by Crippen LogP contribution is -2.41. The van der Waals surface area contributed by atoms with Gasteiger partial charge in [-0.1, -0.05) is 0 Å². The van der Waals surface area contributed by atoms with Crippen molar-refractivity contribution in [3.05, 3.63) is 23.3 Å². The molecule has 0 radical (unpaired) electrons. The Kier molecular flexibility index (Phi) is 7.87. The Morgan fingerprint density at radius 1 is 1.00 bits per heavy atom. The first-order valence-corrected chi connectivity index (χ1v) is 9.26. The van der Waals surface area contributed by atoms with Gasteiger partial charge in [-0.15, -0.1) is 0 Å². The van der Waals surface area contributed by atoms with Gasteiger partial charge in [0.05, 0.1) is 25.3 Å². The number of hydrogen-bond donors (Lipinski definition) is 4. The molecule has 27 heavy (non-hydrogen) atoms. The predicted octanol–water partition coefficient (Wildman–Crippen LogP) is 0.653. The van der Waals surface area contributed by atoms with Crippen LogP contribution in [0, 0.1) is 0 Å². The normalized spacial score (nSPS) is 19.3. The Morgan fingerprint density at radius 3 is 2.07 bits per heavy atom. The Bertz CT molecular complexity index is 657. The number of hydrogen-bond acceptors (Lipinski definition) is 6. The molecule has 0 aliphatic heterocycles. The van der Waals surface area contributed by atoms with Crippen LogP contribution in [0.5, 0.6) is 11.5 Å². The summed E-state index contributed by atoms with van der Waals surface area (Å²) in [6.07, 6.45) is 3.88. The summed E-state index contributed by atoms with van der Waals surface area (Å²) in [5, 5.41) is 9.04. The SMILES string of the molecule is CN[C@H]1CC[C@@H](NC(=O)c2cc(C(=O)NCCN)c(OC)cc2OC)CC1. The number of rotatable bonds is 8. The fourth-order valence-electron chi connectivity index (χ4n) is 3.32. The maximum atomic E-state index is 12.8. The Hall–Kier alpha value is -2.32. The molecule has 0 bridgehead atoms. The Labute approximate surface area is 160 Å². The van der Waals surface area contributed by atoms with Crippen LogP contribution in [0.25, 0.3) is 0 Å². The smallest absolute Gasteiger partial charge is 0.255 e. The van der Waals surface area contributed by atoms with E-state index in [-0.39, 0.29) is 23.4 Å². The van der Waals surface area contributed by atoms with Gasteiger partial charge in [0.2, 0.25) is 0 Å². The van der Waals surface area contributed by atoms with Crippen LogP contribution < -0.4 is 31.2 Å². The van der Waals surface area contributed by atoms with Crippen molar-refractivity contribution >= 4 is 11.8 Å². The molecular weight excluding hydrogens is 348 g/mol. The van der Waals surface area contributed by atoms with Crippen molar-refractivity contribution in [2.24, 2.45) is 5.73 Å². The highest BCUT2D eigenvalue weighted by molar-refractivity contribution is 6.03. The van der Waals surface area contributed by atoms with Crippen molar-refractivity contribution in [3.63, 3.8) is 0 Å². The molecule has 1 aliphatic carbocycles. The predicted molar refractivity (Wildman–Crippen MR) is 104 cm³/mol. The van der Waals surface area contributed by atoms with E-state index in [1.807, 2.05) is 7.05 Å². The second-order valence-electron chi connectivity index (χ2n) is 6.61. The number of benzene rings is 1. The lowest BCUT2D eigenvalue weighted by atomic mass is 9.91. The third-order valence-corrected chi connectivity index (χ3v) is 4.91. The summed E-state index contributed by atoms with van der Waals surface area (Å²) in [7, 11) is 4.91. The first-order chi connectivity index (χ1) is 13.0. The zero-order valence-corrected chi connectivity index (χ0v) is 16.3. The van der Waals surface area contributed by atoms with Gasteiger partial charge in [0.1, 0.15) is 11.5 Å². The second kappa shape index (κ2) is 10.1. The summed E-state index contributed by atoms with van der Waals surface area (Å²) in [4.78, 5) is 25.2. The first kappa shape index (κ1) is 21.0. The number of nitrogens with two attached hydrogens (primary N) is 1. The summed E-state index contributed by atoms with van der Waals surface area (Å²) < 4.78 is 10.6. The van der Waals surface area contributed by atoms with E-state index in [2.05, 4.69) is 16.0 Å². The molecule has 8 nitrogen and oxygen atoms in total. The number of carbonyl (C=O) groups is 2. The van der Waals surface area contributed by atoms with Crippen LogP contribution in [0.1, 0.15) is 46.4 Å². The van der Waals surface area contributed by atoms with Crippen LogP contribution in [-0.2, 0) is 0 Å². The summed E-state index contributed by atoms with van der Waals surface area (Å²) >= 11 is 0. The Balaban J connectivity index is 2.20. The molecule has 5 N–H and O–H groups in total. The van der Waals surface area contributed by atoms with Crippen molar-refractivity contribution < 1.29 is 19.1 Å². The molecule has 150 valence electrons. The van der Waals surface area contributed by atoms with E-state index in [4.69, 9.17) is 15.2 Å². The summed E-state index contributed by atoms with van der Waals surface area (Å²) in [5.41, 5.74) is 6.02. The van der Waals surface area contributed by atoms with Gasteiger partial charge in [0.15, 0.2) is 0 Å². The minimum Gasteiger partial charge on any atom is -0.496 e. The van der Waals surface area contributed by atoms with E-state index in [0.717, 1.165) is 25.7 Å². The van der Waals surface area contributed by atoms with Gasteiger partial charge in [-0.25, -0.2) is 0 Å². The molecular formula is C19H30N4O4. The van der Waals surface area contributed by atoms with Gasteiger partial charge in [-0.2, -0.15) is 0 Å². The van der Waals surface area contributed by atoms with E-state index in [0.29, 0.717) is 36.2 Å². The largest absolute Gasteiger partial charge is 0.496 e. The molecule has 2 rings (SSSR count). The van der Waals surface area contributed by atoms with Gasteiger partial charge in [0, 0.05) is 31.2 Å². The number of amides is 2. The van der Waals surface area contributed by atoms with E-state index in [1.165, 1.54) is 20.3 Å². The molecule has 0 spiro atoms. The monoisotopic (exact) mass is 378 g/mol. The molecule has 0 heterocycles. The number of nitrogens with one attached hydrogen (secondary N) is 3. The molecule has 8 heteroatoms. The quantitative estimate of drug-likeness (QED) is 0.528. The van der Waals surface area contributed by atoms with Gasteiger partial charge in [-0.05, 0) is 38.8 Å². The van der Waals surface area contributed by atoms with Crippen LogP contribution in [0.2, 0.25) is 0 Å². The third-order valence-electron chi connectivity index (χ3n) is 4.91. The number of carbonyl (C=O) groups excluding carboxylic acids is 2. The molecule has 1 fully saturated rings. The van der Waals surface area contributed by atoms with Crippen LogP contribution in [0.4, 0.5) is 0 Å². The van der Waals surface area contributed by atoms with Crippen molar-refractivity contribution in [2.75, 3.05) is 34.4 Å². The maximum absolute atomic E-state index is 12.8. The average Bonchev–Trinajstić information content (AvgIpc) is 2.71. The van der Waals surface area contributed by atoms with E-state index in [9.17, 15) is 9.59 Å². The molecule has 1 saturated carbocycles. The van der Waals surface area contributed by atoms with Crippen molar-refractivity contribution in [1.82, 2.24) is 16.0 Å². The fraction of sp³-hybridized carbons (Fsp3) is 0.579. The van der Waals surface area contributed by atoms with Gasteiger partial charge in [-0.3, -0.25) is 9.59 Å². The van der Waals surface area contributed by atoms with Crippen LogP contribution in [0.3, 0.4) is 0 Å². The van der Waals surface area contributed by atoms with Crippen LogP contribution in [-0.4, -0.2) is 58.3 Å². The number of methoxy groups -OCH3 is 2. The summed E-state index contributed by atoms with van der Waals surface area (Å²) in [6, 6.07) is 3.69. The summed E-state index contributed by atoms with van der Waals surface area (Å²) in [6.45, 7) is 0.664. The molecule has 1 aromatic carbocycles.